The minimum Gasteiger partial charge on any atom is -0.261 e. The first kappa shape index (κ1) is 8.14. The van der Waals surface area contributed by atoms with Gasteiger partial charge in [0.2, 0.25) is 0 Å². The molecule has 8 heavy (non-hydrogen) atoms. The van der Waals surface area contributed by atoms with E-state index in [1.807, 2.05) is 6.20 Å². The molecule has 4 heteroatoms. The highest BCUT2D eigenvalue weighted by molar-refractivity contribution is 7.97. The fourth-order valence-corrected chi connectivity index (χ4v) is 1.07. The third kappa shape index (κ3) is 2.45. The van der Waals surface area contributed by atoms with Crippen LogP contribution in [0.4, 0.5) is 0 Å². The van der Waals surface area contributed by atoms with Crippen molar-refractivity contribution in [1.82, 2.24) is 4.41 Å². The van der Waals surface area contributed by atoms with Crippen molar-refractivity contribution < 1.29 is 0 Å². The predicted molar refractivity (Wildman–Crippen MR) is 39.5 cm³/mol. The molecule has 0 atom stereocenters. The van der Waals surface area contributed by atoms with Crippen molar-refractivity contribution in [2.45, 2.75) is 6.42 Å². The summed E-state index contributed by atoms with van der Waals surface area (Å²) in [6.07, 6.45) is 5.10. The molecule has 1 aliphatic rings. The van der Waals surface area contributed by atoms with Crippen LogP contribution in [0.2, 0.25) is 0 Å². The number of nitrogens with zero attached hydrogens (tertiary/aromatic N) is 1. The minimum atomic E-state index is 0. The second-order valence-electron chi connectivity index (χ2n) is 1.37. The molecule has 0 amide bonds. The predicted octanol–water partition coefficient (Wildman–Crippen LogP) is 1.15. The van der Waals surface area contributed by atoms with E-state index in [4.69, 9.17) is 5.84 Å². The second kappa shape index (κ2) is 4.06. The number of hydrazine groups is 1. The number of nitrogens with two attached hydrogens (primary N) is 1. The van der Waals surface area contributed by atoms with Crippen LogP contribution in [-0.2, 0) is 0 Å². The largest absolute Gasteiger partial charge is 0.261 e. The molecule has 0 unspecified atom stereocenters. The number of hydrogen-bond acceptors (Lipinski definition) is 3. The fourth-order valence-electron chi connectivity index (χ4n) is 0.448. The molecule has 1 aliphatic heterocycles. The van der Waals surface area contributed by atoms with Crippen molar-refractivity contribution in [2.24, 2.45) is 5.84 Å². The average Bonchev–Trinajstić information content (AvgIpc) is 1.69. The summed E-state index contributed by atoms with van der Waals surface area (Å²) in [5.41, 5.74) is 0. The van der Waals surface area contributed by atoms with Gasteiger partial charge in [0.1, 0.15) is 0 Å². The molecule has 0 saturated carbocycles. The SMILES string of the molecule is Cl.NN1C=CCCS1. The van der Waals surface area contributed by atoms with Crippen LogP contribution in [0.15, 0.2) is 12.3 Å². The number of hydrogen-bond donors (Lipinski definition) is 1. The van der Waals surface area contributed by atoms with Gasteiger partial charge < -0.3 is 0 Å². The molecule has 0 saturated heterocycles. The summed E-state index contributed by atoms with van der Waals surface area (Å²) in [7, 11) is 0. The Balaban J connectivity index is 0.000000490. The summed E-state index contributed by atoms with van der Waals surface area (Å²) in [4.78, 5) is 0. The highest BCUT2D eigenvalue weighted by Crippen LogP contribution is 2.11. The zero-order valence-electron chi connectivity index (χ0n) is 4.41. The maximum atomic E-state index is 5.34. The van der Waals surface area contributed by atoms with Crippen molar-refractivity contribution in [3.05, 3.63) is 12.3 Å². The Hall–Kier alpha value is 0.140. The molecule has 0 bridgehead atoms. The number of rotatable bonds is 0. The maximum Gasteiger partial charge on any atom is 0.0243 e. The lowest BCUT2D eigenvalue weighted by Gasteiger charge is -2.14. The Morgan fingerprint density at radius 1 is 1.62 bits per heavy atom. The van der Waals surface area contributed by atoms with E-state index < -0.39 is 0 Å². The van der Waals surface area contributed by atoms with Crippen LogP contribution < -0.4 is 5.84 Å². The zero-order valence-corrected chi connectivity index (χ0v) is 6.04. The van der Waals surface area contributed by atoms with Gasteiger partial charge in [-0.3, -0.25) is 4.41 Å². The second-order valence-corrected chi connectivity index (χ2v) is 2.45. The first-order valence-corrected chi connectivity index (χ1v) is 3.17. The Morgan fingerprint density at radius 2 is 2.38 bits per heavy atom. The van der Waals surface area contributed by atoms with Gasteiger partial charge in [0, 0.05) is 12.0 Å². The molecule has 2 N–H and O–H groups in total. The van der Waals surface area contributed by atoms with Crippen molar-refractivity contribution in [1.29, 1.82) is 0 Å². The molecular formula is C4H9ClN2S. The summed E-state index contributed by atoms with van der Waals surface area (Å²) in [6.45, 7) is 0. The molecule has 1 heterocycles. The fraction of sp³-hybridized carbons (Fsp3) is 0.500. The number of halogens is 1. The van der Waals surface area contributed by atoms with Crippen LogP contribution in [0.25, 0.3) is 0 Å². The molecular weight excluding hydrogens is 144 g/mol. The molecule has 0 radical (unpaired) electrons. The summed E-state index contributed by atoms with van der Waals surface area (Å²) < 4.78 is 1.63. The van der Waals surface area contributed by atoms with Crippen molar-refractivity contribution in [3.63, 3.8) is 0 Å². The van der Waals surface area contributed by atoms with Gasteiger partial charge in [0.15, 0.2) is 0 Å². The lowest BCUT2D eigenvalue weighted by atomic mass is 10.5. The monoisotopic (exact) mass is 152 g/mol. The van der Waals surface area contributed by atoms with Crippen LogP contribution in [0.1, 0.15) is 6.42 Å². The Morgan fingerprint density at radius 3 is 2.62 bits per heavy atom. The molecule has 0 aromatic rings. The van der Waals surface area contributed by atoms with E-state index in [1.54, 1.807) is 16.4 Å². The highest BCUT2D eigenvalue weighted by Gasteiger charge is 1.95. The Kier molecular flexibility index (Phi) is 4.13. The van der Waals surface area contributed by atoms with E-state index in [1.165, 1.54) is 0 Å². The molecule has 0 aromatic carbocycles. The van der Waals surface area contributed by atoms with Gasteiger partial charge in [0.25, 0.3) is 0 Å². The van der Waals surface area contributed by atoms with Crippen LogP contribution >= 0.6 is 24.4 Å². The van der Waals surface area contributed by atoms with Crippen LogP contribution in [0, 0.1) is 0 Å². The number of allylic oxidation sites excluding steroid dienone is 1. The van der Waals surface area contributed by atoms with Gasteiger partial charge in [-0.1, -0.05) is 6.08 Å². The van der Waals surface area contributed by atoms with Crippen LogP contribution in [-0.4, -0.2) is 10.2 Å². The molecule has 0 aromatic heterocycles. The van der Waals surface area contributed by atoms with E-state index in [0.717, 1.165) is 12.2 Å². The van der Waals surface area contributed by atoms with Gasteiger partial charge in [-0.25, -0.2) is 5.84 Å². The summed E-state index contributed by atoms with van der Waals surface area (Å²) in [5, 5.41) is 0. The molecule has 48 valence electrons. The minimum absolute atomic E-state index is 0. The van der Waals surface area contributed by atoms with Crippen molar-refractivity contribution in [2.75, 3.05) is 5.75 Å². The first-order valence-electron chi connectivity index (χ1n) is 2.23. The molecule has 1 rings (SSSR count). The Bertz CT molecular complexity index is 86.1. The molecule has 2 nitrogen and oxygen atoms in total. The molecule has 0 aliphatic carbocycles. The standard InChI is InChI=1S/C4H8N2S.ClH/c5-6-3-1-2-4-7-6;/h1,3H,2,4-5H2;1H. The highest BCUT2D eigenvalue weighted by atomic mass is 35.5. The summed E-state index contributed by atoms with van der Waals surface area (Å²) in [6, 6.07) is 0. The van der Waals surface area contributed by atoms with Crippen molar-refractivity contribution in [3.8, 4) is 0 Å². The van der Waals surface area contributed by atoms with Crippen LogP contribution in [0.5, 0.6) is 0 Å². The molecule has 0 fully saturated rings. The first-order chi connectivity index (χ1) is 3.39. The van der Waals surface area contributed by atoms with E-state index in [0.29, 0.717) is 0 Å². The topological polar surface area (TPSA) is 29.3 Å². The third-order valence-electron chi connectivity index (χ3n) is 0.777. The van der Waals surface area contributed by atoms with Crippen LogP contribution in [0.3, 0.4) is 0 Å². The van der Waals surface area contributed by atoms with Gasteiger partial charge in [-0.05, 0) is 18.4 Å². The quantitative estimate of drug-likeness (QED) is 0.417. The lowest BCUT2D eigenvalue weighted by molar-refractivity contribution is 0.659. The Labute approximate surface area is 59.6 Å². The molecule has 0 spiro atoms. The van der Waals surface area contributed by atoms with E-state index >= 15 is 0 Å². The van der Waals surface area contributed by atoms with Crippen molar-refractivity contribution >= 4 is 24.4 Å². The maximum absolute atomic E-state index is 5.34. The van der Waals surface area contributed by atoms with Gasteiger partial charge in [-0.2, -0.15) is 0 Å². The van der Waals surface area contributed by atoms with Gasteiger partial charge in [-0.15, -0.1) is 12.4 Å². The van der Waals surface area contributed by atoms with Gasteiger partial charge >= 0.3 is 0 Å². The van der Waals surface area contributed by atoms with E-state index in [9.17, 15) is 0 Å². The summed E-state index contributed by atoms with van der Waals surface area (Å²) in [5.74, 6) is 6.46. The normalized spacial score (nSPS) is 17.9. The smallest absolute Gasteiger partial charge is 0.0243 e. The summed E-state index contributed by atoms with van der Waals surface area (Å²) >= 11 is 1.64. The van der Waals surface area contributed by atoms with E-state index in [-0.39, 0.29) is 12.4 Å². The van der Waals surface area contributed by atoms with Gasteiger partial charge in [0.05, 0.1) is 0 Å². The lowest BCUT2D eigenvalue weighted by Crippen LogP contribution is -2.18. The average molecular weight is 153 g/mol. The third-order valence-corrected chi connectivity index (χ3v) is 1.62. The zero-order chi connectivity index (χ0) is 5.11. The van der Waals surface area contributed by atoms with E-state index in [2.05, 4.69) is 6.08 Å².